The molecule has 2 bridgehead atoms. The zero-order valence-corrected chi connectivity index (χ0v) is 23.4. The SMILES string of the molecule is C=CCCOC(=O)[C@@H]1[C@H]2C(=O)N(CCCCCO)C(C(=O)N(CC=C)CCN3CCOCC3)C23CC[C@@]1(C)O3. The van der Waals surface area contributed by atoms with Gasteiger partial charge in [-0.05, 0) is 45.4 Å². The van der Waals surface area contributed by atoms with Gasteiger partial charge in [0.1, 0.15) is 17.6 Å². The van der Waals surface area contributed by atoms with Crippen LogP contribution < -0.4 is 0 Å². The number of likely N-dealkylation sites (tertiary alicyclic amines) is 1. The minimum absolute atomic E-state index is 0.0810. The van der Waals surface area contributed by atoms with Gasteiger partial charge < -0.3 is 29.1 Å². The molecule has 0 saturated carbocycles. The first-order chi connectivity index (χ1) is 18.8. The summed E-state index contributed by atoms with van der Waals surface area (Å²) in [6.45, 7) is 14.6. The zero-order valence-electron chi connectivity index (χ0n) is 23.4. The van der Waals surface area contributed by atoms with Gasteiger partial charge in [0.25, 0.3) is 0 Å². The molecule has 10 heteroatoms. The van der Waals surface area contributed by atoms with Crippen LogP contribution in [0.5, 0.6) is 0 Å². The monoisotopic (exact) mass is 547 g/mol. The van der Waals surface area contributed by atoms with E-state index in [1.807, 2.05) is 6.92 Å². The molecule has 0 aromatic heterocycles. The molecule has 0 aromatic rings. The van der Waals surface area contributed by atoms with Gasteiger partial charge in [0, 0.05) is 45.9 Å². The number of hydrogen-bond donors (Lipinski definition) is 1. The van der Waals surface area contributed by atoms with Crippen molar-refractivity contribution in [2.75, 3.05) is 65.7 Å². The van der Waals surface area contributed by atoms with Crippen LogP contribution in [0.2, 0.25) is 0 Å². The number of aliphatic hydroxyl groups excluding tert-OH is 1. The molecular formula is C29H45N3O7. The number of carbonyl (C=O) groups excluding carboxylic acids is 3. The second-order valence-electron chi connectivity index (χ2n) is 11.3. The number of unbranched alkanes of at least 4 members (excludes halogenated alkanes) is 2. The number of fused-ring (bicyclic) bond motifs is 1. The average molecular weight is 548 g/mol. The lowest BCUT2D eigenvalue weighted by Gasteiger charge is -2.37. The van der Waals surface area contributed by atoms with Crippen molar-refractivity contribution in [3.63, 3.8) is 0 Å². The molecule has 2 unspecified atom stereocenters. The number of rotatable bonds is 15. The highest BCUT2D eigenvalue weighted by molar-refractivity contribution is 5.98. The van der Waals surface area contributed by atoms with Crippen LogP contribution in [0, 0.1) is 11.8 Å². The minimum Gasteiger partial charge on any atom is -0.465 e. The van der Waals surface area contributed by atoms with E-state index >= 15 is 0 Å². The van der Waals surface area contributed by atoms with Crippen molar-refractivity contribution >= 4 is 17.8 Å². The fraction of sp³-hybridized carbons (Fsp3) is 0.759. The zero-order chi connectivity index (χ0) is 28.0. The van der Waals surface area contributed by atoms with Crippen LogP contribution >= 0.6 is 0 Å². The molecule has 4 saturated heterocycles. The number of amides is 2. The summed E-state index contributed by atoms with van der Waals surface area (Å²) in [5, 5.41) is 9.24. The molecule has 5 atom stereocenters. The number of esters is 1. The van der Waals surface area contributed by atoms with Crippen molar-refractivity contribution in [2.24, 2.45) is 11.8 Å². The highest BCUT2D eigenvalue weighted by Crippen LogP contribution is 2.63. The minimum atomic E-state index is -1.07. The van der Waals surface area contributed by atoms with E-state index < -0.39 is 35.0 Å². The van der Waals surface area contributed by atoms with E-state index in [-0.39, 0.29) is 25.0 Å². The van der Waals surface area contributed by atoms with Gasteiger partial charge in [0.2, 0.25) is 11.8 Å². The van der Waals surface area contributed by atoms with Gasteiger partial charge >= 0.3 is 5.97 Å². The predicted molar refractivity (Wildman–Crippen MR) is 145 cm³/mol. The highest BCUT2D eigenvalue weighted by atomic mass is 16.6. The molecular weight excluding hydrogens is 502 g/mol. The van der Waals surface area contributed by atoms with E-state index in [4.69, 9.17) is 14.2 Å². The number of morpholine rings is 1. The molecule has 1 spiro atoms. The maximum Gasteiger partial charge on any atom is 0.312 e. The maximum atomic E-state index is 14.4. The number of aliphatic hydroxyl groups is 1. The van der Waals surface area contributed by atoms with E-state index in [0.29, 0.717) is 71.5 Å². The Morgan fingerprint density at radius 1 is 1.15 bits per heavy atom. The van der Waals surface area contributed by atoms with Gasteiger partial charge in [-0.2, -0.15) is 0 Å². The summed E-state index contributed by atoms with van der Waals surface area (Å²) in [7, 11) is 0. The topological polar surface area (TPSA) is 109 Å². The molecule has 0 radical (unpaired) electrons. The molecule has 4 rings (SSSR count). The molecule has 218 valence electrons. The lowest BCUT2D eigenvalue weighted by atomic mass is 9.66. The Balaban J connectivity index is 1.61. The number of nitrogens with zero attached hydrogens (tertiary/aromatic N) is 3. The van der Waals surface area contributed by atoms with Gasteiger partial charge in [-0.15, -0.1) is 13.2 Å². The third kappa shape index (κ3) is 5.80. The molecule has 39 heavy (non-hydrogen) atoms. The quantitative estimate of drug-likeness (QED) is 0.186. The first kappa shape index (κ1) is 29.7. The van der Waals surface area contributed by atoms with Crippen molar-refractivity contribution in [3.05, 3.63) is 25.3 Å². The van der Waals surface area contributed by atoms with Crippen LogP contribution in [0.3, 0.4) is 0 Å². The summed E-state index contributed by atoms with van der Waals surface area (Å²) in [4.78, 5) is 47.5. The lowest BCUT2D eigenvalue weighted by Crippen LogP contribution is -2.57. The third-order valence-corrected chi connectivity index (χ3v) is 8.84. The fourth-order valence-corrected chi connectivity index (χ4v) is 6.91. The standard InChI is InChI=1S/C29H45N3O7/c1-4-6-19-38-27(36)23-22-25(34)32(13-8-7-9-18-33)24(29(22)11-10-28(23,3)39-29)26(35)31(12-5-2)15-14-30-16-20-37-21-17-30/h4-5,22-24,33H,1-2,6-21H2,3H3/t22-,23-,24?,28+,29?/m0/s1. The smallest absolute Gasteiger partial charge is 0.312 e. The van der Waals surface area contributed by atoms with E-state index in [2.05, 4.69) is 18.1 Å². The first-order valence-corrected chi connectivity index (χ1v) is 14.4. The lowest BCUT2D eigenvalue weighted by molar-refractivity contribution is -0.160. The molecule has 4 aliphatic heterocycles. The van der Waals surface area contributed by atoms with Gasteiger partial charge in [-0.1, -0.05) is 12.2 Å². The summed E-state index contributed by atoms with van der Waals surface area (Å²) >= 11 is 0. The summed E-state index contributed by atoms with van der Waals surface area (Å²) in [5.74, 6) is -2.33. The third-order valence-electron chi connectivity index (χ3n) is 8.84. The maximum absolute atomic E-state index is 14.4. The van der Waals surface area contributed by atoms with Crippen LogP contribution in [-0.4, -0.2) is 121 Å². The van der Waals surface area contributed by atoms with E-state index in [9.17, 15) is 19.5 Å². The summed E-state index contributed by atoms with van der Waals surface area (Å²) < 4.78 is 17.7. The van der Waals surface area contributed by atoms with Gasteiger partial charge in [-0.3, -0.25) is 19.3 Å². The van der Waals surface area contributed by atoms with Crippen molar-refractivity contribution in [3.8, 4) is 0 Å². The molecule has 0 aromatic carbocycles. The van der Waals surface area contributed by atoms with Crippen molar-refractivity contribution in [2.45, 2.75) is 62.7 Å². The molecule has 4 aliphatic rings. The van der Waals surface area contributed by atoms with Crippen LogP contribution in [0.1, 0.15) is 45.4 Å². The Morgan fingerprint density at radius 2 is 1.92 bits per heavy atom. The number of hydrogen-bond acceptors (Lipinski definition) is 8. The van der Waals surface area contributed by atoms with Crippen molar-refractivity contribution in [1.82, 2.24) is 14.7 Å². The number of carbonyl (C=O) groups is 3. The largest absolute Gasteiger partial charge is 0.465 e. The Bertz CT molecular complexity index is 923. The summed E-state index contributed by atoms with van der Waals surface area (Å²) in [5.41, 5.74) is -1.93. The van der Waals surface area contributed by atoms with Gasteiger partial charge in [0.15, 0.2) is 0 Å². The summed E-state index contributed by atoms with van der Waals surface area (Å²) in [6, 6.07) is -0.818. The predicted octanol–water partition coefficient (Wildman–Crippen LogP) is 1.38. The second kappa shape index (κ2) is 12.9. The van der Waals surface area contributed by atoms with Crippen LogP contribution in [0.15, 0.2) is 25.3 Å². The Labute approximate surface area is 231 Å². The Morgan fingerprint density at radius 3 is 2.62 bits per heavy atom. The van der Waals surface area contributed by atoms with Crippen molar-refractivity contribution in [1.29, 1.82) is 0 Å². The van der Waals surface area contributed by atoms with Crippen LogP contribution in [0.25, 0.3) is 0 Å². The van der Waals surface area contributed by atoms with Gasteiger partial charge in [-0.25, -0.2) is 0 Å². The molecule has 10 nitrogen and oxygen atoms in total. The first-order valence-electron chi connectivity index (χ1n) is 14.4. The van der Waals surface area contributed by atoms with Crippen molar-refractivity contribution < 1.29 is 33.7 Å². The Hall–Kier alpha value is -2.27. The molecule has 2 amide bonds. The van der Waals surface area contributed by atoms with E-state index in [1.165, 1.54) is 0 Å². The normalized spacial score (nSPS) is 31.8. The Kier molecular flexibility index (Phi) is 9.85. The van der Waals surface area contributed by atoms with Gasteiger partial charge in [0.05, 0.1) is 31.3 Å². The fourth-order valence-electron chi connectivity index (χ4n) is 6.91. The molecule has 4 heterocycles. The van der Waals surface area contributed by atoms with E-state index in [1.54, 1.807) is 22.0 Å². The van der Waals surface area contributed by atoms with Crippen LogP contribution in [0.4, 0.5) is 0 Å². The second-order valence-corrected chi connectivity index (χ2v) is 11.3. The summed E-state index contributed by atoms with van der Waals surface area (Å²) in [6.07, 6.45) is 7.05. The highest BCUT2D eigenvalue weighted by Gasteiger charge is 2.78. The van der Waals surface area contributed by atoms with Crippen LogP contribution in [-0.2, 0) is 28.6 Å². The number of ether oxygens (including phenoxy) is 3. The molecule has 1 N–H and O–H groups in total. The molecule has 4 fully saturated rings. The average Bonchev–Trinajstić information content (AvgIpc) is 3.50. The van der Waals surface area contributed by atoms with E-state index in [0.717, 1.165) is 19.5 Å². The molecule has 0 aliphatic carbocycles.